The summed E-state index contributed by atoms with van der Waals surface area (Å²) in [6.07, 6.45) is 5.93. The van der Waals surface area contributed by atoms with Crippen LogP contribution in [0.15, 0.2) is 0 Å². The maximum Gasteiger partial charge on any atom is 0.308 e. The van der Waals surface area contributed by atoms with Crippen LogP contribution in [0.5, 0.6) is 0 Å². The van der Waals surface area contributed by atoms with Gasteiger partial charge in [-0.1, -0.05) is 26.7 Å². The van der Waals surface area contributed by atoms with E-state index < -0.39 is 0 Å². The third-order valence-electron chi connectivity index (χ3n) is 2.54. The maximum atomic E-state index is 11.4. The molecule has 0 aliphatic heterocycles. The van der Waals surface area contributed by atoms with Crippen LogP contribution in [0.25, 0.3) is 0 Å². The van der Waals surface area contributed by atoms with Crippen LogP contribution in [0.2, 0.25) is 0 Å². The highest BCUT2D eigenvalue weighted by atomic mass is 16.5. The Morgan fingerprint density at radius 3 is 2.50 bits per heavy atom. The molecular formula is C13H26O3. The lowest BCUT2D eigenvalue weighted by atomic mass is 10.1. The molecule has 0 N–H and O–H groups in total. The van der Waals surface area contributed by atoms with Crippen molar-refractivity contribution in [1.82, 2.24) is 0 Å². The minimum atomic E-state index is -0.128. The highest BCUT2D eigenvalue weighted by Crippen LogP contribution is 2.10. The highest BCUT2D eigenvalue weighted by molar-refractivity contribution is 5.69. The van der Waals surface area contributed by atoms with Gasteiger partial charge in [0, 0.05) is 6.61 Å². The van der Waals surface area contributed by atoms with E-state index in [1.54, 1.807) is 0 Å². The lowest BCUT2D eigenvalue weighted by Gasteiger charge is -2.15. The molecule has 0 heterocycles. The Labute approximate surface area is 99.5 Å². The number of ether oxygens (including phenoxy) is 2. The van der Waals surface area contributed by atoms with Crippen LogP contribution >= 0.6 is 0 Å². The molecule has 0 rings (SSSR count). The Balaban J connectivity index is 3.61. The van der Waals surface area contributed by atoms with Gasteiger partial charge in [0.2, 0.25) is 0 Å². The third kappa shape index (κ3) is 8.72. The van der Waals surface area contributed by atoms with Crippen LogP contribution < -0.4 is 0 Å². The van der Waals surface area contributed by atoms with Crippen LogP contribution in [0.1, 0.15) is 59.3 Å². The van der Waals surface area contributed by atoms with E-state index in [2.05, 4.69) is 13.8 Å². The van der Waals surface area contributed by atoms with Gasteiger partial charge in [0.25, 0.3) is 0 Å². The summed E-state index contributed by atoms with van der Waals surface area (Å²) in [6, 6.07) is 0. The zero-order valence-electron chi connectivity index (χ0n) is 11.0. The van der Waals surface area contributed by atoms with Crippen LogP contribution in [-0.4, -0.2) is 25.3 Å². The number of rotatable bonds is 10. The summed E-state index contributed by atoms with van der Waals surface area (Å²) in [5.74, 6) is -0.128. The second kappa shape index (κ2) is 10.9. The molecule has 0 aromatic carbocycles. The van der Waals surface area contributed by atoms with Crippen molar-refractivity contribution in [1.29, 1.82) is 0 Å². The average Bonchev–Trinajstić information content (AvgIpc) is 2.28. The highest BCUT2D eigenvalue weighted by Gasteiger charge is 2.11. The molecule has 96 valence electrons. The standard InChI is InChI=1S/C13H26O3/c1-4-7-8-9-12(5-2)16-13(14)10-11-15-6-3/h12H,4-11H2,1-3H3. The summed E-state index contributed by atoms with van der Waals surface area (Å²) < 4.78 is 10.5. The molecule has 0 fully saturated rings. The summed E-state index contributed by atoms with van der Waals surface area (Å²) in [6.45, 7) is 7.29. The van der Waals surface area contributed by atoms with Crippen LogP contribution in [0.3, 0.4) is 0 Å². The first-order valence-corrected chi connectivity index (χ1v) is 6.51. The molecule has 0 saturated heterocycles. The van der Waals surface area contributed by atoms with Crippen LogP contribution in [-0.2, 0) is 14.3 Å². The van der Waals surface area contributed by atoms with E-state index in [9.17, 15) is 4.79 Å². The fourth-order valence-corrected chi connectivity index (χ4v) is 1.51. The first kappa shape index (κ1) is 15.4. The molecule has 0 amide bonds. The van der Waals surface area contributed by atoms with Gasteiger partial charge < -0.3 is 9.47 Å². The molecule has 0 aromatic heterocycles. The molecule has 0 radical (unpaired) electrons. The molecule has 16 heavy (non-hydrogen) atoms. The van der Waals surface area contributed by atoms with E-state index in [1.165, 1.54) is 12.8 Å². The van der Waals surface area contributed by atoms with Gasteiger partial charge in [-0.3, -0.25) is 4.79 Å². The van der Waals surface area contributed by atoms with Gasteiger partial charge in [-0.05, 0) is 26.2 Å². The van der Waals surface area contributed by atoms with E-state index in [4.69, 9.17) is 9.47 Å². The van der Waals surface area contributed by atoms with Gasteiger partial charge in [0.15, 0.2) is 0 Å². The lowest BCUT2D eigenvalue weighted by molar-refractivity contribution is -0.150. The van der Waals surface area contributed by atoms with Gasteiger partial charge in [0.1, 0.15) is 6.10 Å². The Kier molecular flexibility index (Phi) is 10.5. The molecule has 0 aliphatic carbocycles. The predicted octanol–water partition coefficient (Wildman–Crippen LogP) is 3.32. The Morgan fingerprint density at radius 2 is 1.94 bits per heavy atom. The predicted molar refractivity (Wildman–Crippen MR) is 65.4 cm³/mol. The van der Waals surface area contributed by atoms with Crippen LogP contribution in [0, 0.1) is 0 Å². The molecule has 0 aliphatic rings. The molecule has 1 unspecified atom stereocenters. The summed E-state index contributed by atoms with van der Waals surface area (Å²) in [5, 5.41) is 0. The van der Waals surface area contributed by atoms with Crippen molar-refractivity contribution in [2.75, 3.05) is 13.2 Å². The van der Waals surface area contributed by atoms with E-state index in [0.717, 1.165) is 19.3 Å². The summed E-state index contributed by atoms with van der Waals surface area (Å²) in [4.78, 5) is 11.4. The number of carbonyl (C=O) groups is 1. The topological polar surface area (TPSA) is 35.5 Å². The zero-order chi connectivity index (χ0) is 12.2. The normalized spacial score (nSPS) is 12.4. The number of carbonyl (C=O) groups excluding carboxylic acids is 1. The van der Waals surface area contributed by atoms with Crippen molar-refractivity contribution in [3.05, 3.63) is 0 Å². The number of hydrogen-bond donors (Lipinski definition) is 0. The van der Waals surface area contributed by atoms with E-state index in [-0.39, 0.29) is 12.1 Å². The first-order valence-electron chi connectivity index (χ1n) is 6.51. The maximum absolute atomic E-state index is 11.4. The zero-order valence-corrected chi connectivity index (χ0v) is 11.0. The quantitative estimate of drug-likeness (QED) is 0.426. The summed E-state index contributed by atoms with van der Waals surface area (Å²) >= 11 is 0. The van der Waals surface area contributed by atoms with E-state index in [1.807, 2.05) is 6.92 Å². The van der Waals surface area contributed by atoms with Crippen molar-refractivity contribution >= 4 is 5.97 Å². The summed E-state index contributed by atoms with van der Waals surface area (Å²) in [7, 11) is 0. The third-order valence-corrected chi connectivity index (χ3v) is 2.54. The van der Waals surface area contributed by atoms with Crippen molar-refractivity contribution in [2.24, 2.45) is 0 Å². The van der Waals surface area contributed by atoms with Crippen molar-refractivity contribution < 1.29 is 14.3 Å². The molecule has 0 spiro atoms. The Bertz CT molecular complexity index is 169. The Morgan fingerprint density at radius 1 is 1.19 bits per heavy atom. The lowest BCUT2D eigenvalue weighted by Crippen LogP contribution is -2.18. The van der Waals surface area contributed by atoms with Gasteiger partial charge in [0.05, 0.1) is 13.0 Å². The first-order chi connectivity index (χ1) is 7.74. The van der Waals surface area contributed by atoms with Gasteiger partial charge in [-0.25, -0.2) is 0 Å². The van der Waals surface area contributed by atoms with Crippen molar-refractivity contribution in [2.45, 2.75) is 65.4 Å². The molecule has 0 aromatic rings. The number of hydrogen-bond acceptors (Lipinski definition) is 3. The van der Waals surface area contributed by atoms with Gasteiger partial charge in [-0.2, -0.15) is 0 Å². The minimum absolute atomic E-state index is 0.0978. The molecule has 0 bridgehead atoms. The monoisotopic (exact) mass is 230 g/mol. The molecule has 0 saturated carbocycles. The summed E-state index contributed by atoms with van der Waals surface area (Å²) in [5.41, 5.74) is 0. The van der Waals surface area contributed by atoms with Gasteiger partial charge in [-0.15, -0.1) is 0 Å². The van der Waals surface area contributed by atoms with Gasteiger partial charge >= 0.3 is 5.97 Å². The number of esters is 1. The SMILES string of the molecule is CCCCCC(CC)OC(=O)CCOCC. The fraction of sp³-hybridized carbons (Fsp3) is 0.923. The Hall–Kier alpha value is -0.570. The second-order valence-electron chi connectivity index (χ2n) is 3.96. The fourth-order valence-electron chi connectivity index (χ4n) is 1.51. The molecular weight excluding hydrogens is 204 g/mol. The van der Waals surface area contributed by atoms with Crippen LogP contribution in [0.4, 0.5) is 0 Å². The average molecular weight is 230 g/mol. The molecule has 3 nitrogen and oxygen atoms in total. The second-order valence-corrected chi connectivity index (χ2v) is 3.96. The van der Waals surface area contributed by atoms with Crippen molar-refractivity contribution in [3.8, 4) is 0 Å². The molecule has 1 atom stereocenters. The minimum Gasteiger partial charge on any atom is -0.462 e. The molecule has 3 heteroatoms. The van der Waals surface area contributed by atoms with Crippen molar-refractivity contribution in [3.63, 3.8) is 0 Å². The largest absolute Gasteiger partial charge is 0.462 e. The number of unbranched alkanes of at least 4 members (excludes halogenated alkanes) is 2. The van der Waals surface area contributed by atoms with E-state index in [0.29, 0.717) is 19.6 Å². The smallest absolute Gasteiger partial charge is 0.308 e. The van der Waals surface area contributed by atoms with E-state index >= 15 is 0 Å².